The molecule has 0 aromatic carbocycles. The van der Waals surface area contributed by atoms with Crippen molar-refractivity contribution in [2.45, 2.75) is 71.6 Å². The molecular weight excluding hydrogens is 350 g/mol. The molecule has 0 radical (unpaired) electrons. The first-order valence-corrected chi connectivity index (χ1v) is 10.2. The number of hydrogen-bond donors (Lipinski definition) is 1. The second-order valence-corrected chi connectivity index (χ2v) is 8.09. The SMILES string of the molecule is CC(C)c1nccc(-c2c3c(nc(C(C)C)c2-c2nnn[nH]2)CCCCC3)n1. The van der Waals surface area contributed by atoms with Gasteiger partial charge >= 0.3 is 0 Å². The lowest BCUT2D eigenvalue weighted by Crippen LogP contribution is -2.10. The van der Waals surface area contributed by atoms with E-state index in [2.05, 4.69) is 53.3 Å². The first-order chi connectivity index (χ1) is 13.6. The number of aromatic amines is 1. The lowest BCUT2D eigenvalue weighted by molar-refractivity contribution is 0.706. The van der Waals surface area contributed by atoms with E-state index in [1.54, 1.807) is 0 Å². The second-order valence-electron chi connectivity index (χ2n) is 8.09. The summed E-state index contributed by atoms with van der Waals surface area (Å²) in [5.41, 5.74) is 6.57. The molecule has 0 aliphatic heterocycles. The van der Waals surface area contributed by atoms with Crippen molar-refractivity contribution >= 4 is 0 Å². The zero-order chi connectivity index (χ0) is 19.7. The number of tetrazole rings is 1. The van der Waals surface area contributed by atoms with Crippen LogP contribution < -0.4 is 0 Å². The smallest absolute Gasteiger partial charge is 0.181 e. The van der Waals surface area contributed by atoms with E-state index in [4.69, 9.17) is 9.97 Å². The molecule has 0 saturated heterocycles. The van der Waals surface area contributed by atoms with Crippen LogP contribution in [0, 0.1) is 0 Å². The molecule has 7 heteroatoms. The number of fused-ring (bicyclic) bond motifs is 1. The molecule has 0 spiro atoms. The van der Waals surface area contributed by atoms with Gasteiger partial charge in [0.1, 0.15) is 5.82 Å². The van der Waals surface area contributed by atoms with Crippen molar-refractivity contribution in [3.63, 3.8) is 0 Å². The van der Waals surface area contributed by atoms with Crippen molar-refractivity contribution in [1.82, 2.24) is 35.6 Å². The Hall–Kier alpha value is -2.70. The molecule has 0 bridgehead atoms. The quantitative estimate of drug-likeness (QED) is 0.684. The number of aromatic nitrogens is 7. The zero-order valence-corrected chi connectivity index (χ0v) is 17.0. The summed E-state index contributed by atoms with van der Waals surface area (Å²) in [6, 6.07) is 2.00. The lowest BCUT2D eigenvalue weighted by atomic mass is 9.89. The standard InChI is InChI=1S/C21H27N7/c1-12(2)19-18(21-25-27-28-26-21)17(14-8-6-5-7-9-15(14)23-19)16-10-11-22-20(24-16)13(3)4/h10-13H,5-9H2,1-4H3,(H,25,26,27,28). The fourth-order valence-electron chi connectivity index (χ4n) is 3.94. The van der Waals surface area contributed by atoms with Crippen LogP contribution in [-0.2, 0) is 12.8 Å². The van der Waals surface area contributed by atoms with E-state index < -0.39 is 0 Å². The number of H-pyrrole nitrogens is 1. The fourth-order valence-corrected chi connectivity index (χ4v) is 3.94. The Morgan fingerprint density at radius 2 is 1.75 bits per heavy atom. The second kappa shape index (κ2) is 7.73. The minimum atomic E-state index is 0.249. The predicted molar refractivity (Wildman–Crippen MR) is 108 cm³/mol. The molecule has 3 heterocycles. The fraction of sp³-hybridized carbons (Fsp3) is 0.524. The van der Waals surface area contributed by atoms with Crippen LogP contribution in [0.1, 0.15) is 81.6 Å². The van der Waals surface area contributed by atoms with Crippen molar-refractivity contribution in [1.29, 1.82) is 0 Å². The Morgan fingerprint density at radius 3 is 2.46 bits per heavy atom. The van der Waals surface area contributed by atoms with Gasteiger partial charge in [-0.05, 0) is 53.7 Å². The van der Waals surface area contributed by atoms with Crippen LogP contribution in [0.15, 0.2) is 12.3 Å². The Balaban J connectivity index is 2.07. The third kappa shape index (κ3) is 3.41. The van der Waals surface area contributed by atoms with Gasteiger partial charge in [-0.15, -0.1) is 5.10 Å². The number of hydrogen-bond acceptors (Lipinski definition) is 6. The maximum absolute atomic E-state index is 5.11. The summed E-state index contributed by atoms with van der Waals surface area (Å²) in [7, 11) is 0. The summed E-state index contributed by atoms with van der Waals surface area (Å²) < 4.78 is 0. The molecule has 1 aliphatic carbocycles. The average molecular weight is 377 g/mol. The van der Waals surface area contributed by atoms with E-state index in [0.717, 1.165) is 41.2 Å². The number of aryl methyl sites for hydroxylation is 1. The van der Waals surface area contributed by atoms with Gasteiger partial charge in [0.2, 0.25) is 0 Å². The molecule has 4 rings (SSSR count). The normalized spacial score (nSPS) is 14.4. The van der Waals surface area contributed by atoms with Gasteiger partial charge in [0.25, 0.3) is 0 Å². The van der Waals surface area contributed by atoms with E-state index >= 15 is 0 Å². The van der Waals surface area contributed by atoms with Crippen molar-refractivity contribution in [2.75, 3.05) is 0 Å². The van der Waals surface area contributed by atoms with E-state index in [1.807, 2.05) is 12.3 Å². The third-order valence-corrected chi connectivity index (χ3v) is 5.33. The van der Waals surface area contributed by atoms with Gasteiger partial charge in [-0.2, -0.15) is 0 Å². The number of rotatable bonds is 4. The van der Waals surface area contributed by atoms with Gasteiger partial charge in [-0.25, -0.2) is 15.1 Å². The van der Waals surface area contributed by atoms with Gasteiger partial charge in [0.05, 0.1) is 17.0 Å². The molecule has 3 aromatic heterocycles. The maximum atomic E-state index is 5.11. The highest BCUT2D eigenvalue weighted by atomic mass is 15.5. The van der Waals surface area contributed by atoms with Crippen molar-refractivity contribution in [2.24, 2.45) is 0 Å². The maximum Gasteiger partial charge on any atom is 0.181 e. The highest BCUT2D eigenvalue weighted by Gasteiger charge is 2.27. The van der Waals surface area contributed by atoms with Crippen molar-refractivity contribution < 1.29 is 0 Å². The molecule has 7 nitrogen and oxygen atoms in total. The van der Waals surface area contributed by atoms with E-state index in [-0.39, 0.29) is 11.8 Å². The largest absolute Gasteiger partial charge is 0.257 e. The molecule has 1 N–H and O–H groups in total. The summed E-state index contributed by atoms with van der Waals surface area (Å²) in [4.78, 5) is 14.5. The molecule has 1 aliphatic rings. The van der Waals surface area contributed by atoms with Gasteiger partial charge in [-0.1, -0.05) is 34.1 Å². The Kier molecular flexibility index (Phi) is 5.15. The summed E-state index contributed by atoms with van der Waals surface area (Å²) in [5.74, 6) is 2.02. The van der Waals surface area contributed by atoms with Crippen LogP contribution in [0.25, 0.3) is 22.6 Å². The van der Waals surface area contributed by atoms with Crippen LogP contribution in [0.3, 0.4) is 0 Å². The minimum absolute atomic E-state index is 0.249. The van der Waals surface area contributed by atoms with Gasteiger partial charge in [-0.3, -0.25) is 4.98 Å². The van der Waals surface area contributed by atoms with Crippen LogP contribution in [0.4, 0.5) is 0 Å². The molecule has 28 heavy (non-hydrogen) atoms. The molecular formula is C21H27N7. The number of pyridine rings is 1. The topological polar surface area (TPSA) is 93.1 Å². The van der Waals surface area contributed by atoms with Crippen molar-refractivity contribution in [3.05, 3.63) is 35.0 Å². The molecule has 0 unspecified atom stereocenters. The highest BCUT2D eigenvalue weighted by Crippen LogP contribution is 2.40. The van der Waals surface area contributed by atoms with Crippen molar-refractivity contribution in [3.8, 4) is 22.6 Å². The molecule has 0 saturated carbocycles. The summed E-state index contributed by atoms with van der Waals surface area (Å²) in [5, 5.41) is 14.9. The van der Waals surface area contributed by atoms with Crippen LogP contribution in [0.2, 0.25) is 0 Å². The van der Waals surface area contributed by atoms with Crippen LogP contribution >= 0.6 is 0 Å². The van der Waals surface area contributed by atoms with E-state index in [0.29, 0.717) is 5.82 Å². The zero-order valence-electron chi connectivity index (χ0n) is 17.0. The first kappa shape index (κ1) is 18.7. The summed E-state index contributed by atoms with van der Waals surface area (Å²) in [6.07, 6.45) is 7.45. The Bertz CT molecular complexity index is 961. The lowest BCUT2D eigenvalue weighted by Gasteiger charge is -2.21. The molecule has 0 atom stereocenters. The van der Waals surface area contributed by atoms with Gasteiger partial charge in [0, 0.05) is 23.4 Å². The molecule has 146 valence electrons. The first-order valence-electron chi connectivity index (χ1n) is 10.2. The monoisotopic (exact) mass is 377 g/mol. The Labute approximate surface area is 165 Å². The third-order valence-electron chi connectivity index (χ3n) is 5.33. The molecule has 3 aromatic rings. The predicted octanol–water partition coefficient (Wildman–Crippen LogP) is 4.23. The van der Waals surface area contributed by atoms with E-state index in [9.17, 15) is 0 Å². The Morgan fingerprint density at radius 1 is 0.929 bits per heavy atom. The number of nitrogens with zero attached hydrogens (tertiary/aromatic N) is 6. The van der Waals surface area contributed by atoms with Gasteiger partial charge in [0.15, 0.2) is 5.82 Å². The molecule has 0 fully saturated rings. The number of nitrogens with one attached hydrogen (secondary N) is 1. The van der Waals surface area contributed by atoms with Gasteiger partial charge < -0.3 is 0 Å². The van der Waals surface area contributed by atoms with Crippen LogP contribution in [0.5, 0.6) is 0 Å². The average Bonchev–Trinajstić information content (AvgIpc) is 3.11. The summed E-state index contributed by atoms with van der Waals surface area (Å²) in [6.45, 7) is 8.57. The summed E-state index contributed by atoms with van der Waals surface area (Å²) >= 11 is 0. The minimum Gasteiger partial charge on any atom is -0.257 e. The van der Waals surface area contributed by atoms with Crippen LogP contribution in [-0.4, -0.2) is 35.6 Å². The highest BCUT2D eigenvalue weighted by molar-refractivity contribution is 5.83. The van der Waals surface area contributed by atoms with E-state index in [1.165, 1.54) is 30.5 Å². The molecule has 0 amide bonds.